The Morgan fingerprint density at radius 1 is 1.19 bits per heavy atom. The van der Waals surface area contributed by atoms with E-state index in [9.17, 15) is 18.0 Å². The minimum Gasteiger partial charge on any atom is -0.466 e. The zero-order valence-corrected chi connectivity index (χ0v) is 19.2. The van der Waals surface area contributed by atoms with Gasteiger partial charge in [0.1, 0.15) is 0 Å². The molecule has 0 saturated heterocycles. The summed E-state index contributed by atoms with van der Waals surface area (Å²) in [4.78, 5) is 27.5. The minimum absolute atomic E-state index is 0.121. The van der Waals surface area contributed by atoms with Crippen LogP contribution in [0, 0.1) is 5.92 Å². The molecule has 31 heavy (non-hydrogen) atoms. The molecule has 3 rings (SSSR count). The maximum Gasteiger partial charge on any atom is 0.307 e. The lowest BCUT2D eigenvalue weighted by molar-refractivity contribution is -0.143. The van der Waals surface area contributed by atoms with Gasteiger partial charge in [-0.2, -0.15) is 0 Å². The van der Waals surface area contributed by atoms with Crippen molar-refractivity contribution in [1.29, 1.82) is 0 Å². The van der Waals surface area contributed by atoms with E-state index in [1.807, 2.05) is 17.5 Å². The van der Waals surface area contributed by atoms with Gasteiger partial charge in [-0.15, -0.1) is 11.3 Å². The summed E-state index contributed by atoms with van der Waals surface area (Å²) < 4.78 is 32.6. The second-order valence-corrected chi connectivity index (χ2v) is 10.3. The number of rotatable bonds is 12. The van der Waals surface area contributed by atoms with Crippen molar-refractivity contribution in [2.75, 3.05) is 26.2 Å². The number of amides is 1. The smallest absolute Gasteiger partial charge is 0.307 e. The van der Waals surface area contributed by atoms with Crippen molar-refractivity contribution in [2.24, 2.45) is 5.92 Å². The number of carbonyl (C=O) groups is 2. The van der Waals surface area contributed by atoms with Gasteiger partial charge in [0.15, 0.2) is 0 Å². The molecule has 1 amide bonds. The lowest BCUT2D eigenvalue weighted by Gasteiger charge is -2.22. The Labute approximate surface area is 187 Å². The lowest BCUT2D eigenvalue weighted by Crippen LogP contribution is -2.35. The van der Waals surface area contributed by atoms with Crippen LogP contribution >= 0.6 is 11.3 Å². The molecule has 2 aromatic rings. The van der Waals surface area contributed by atoms with E-state index in [4.69, 9.17) is 4.74 Å². The van der Waals surface area contributed by atoms with Crippen molar-refractivity contribution < 1.29 is 22.7 Å². The normalized spacial score (nSPS) is 13.7. The van der Waals surface area contributed by atoms with Gasteiger partial charge in [-0.25, -0.2) is 13.1 Å². The molecule has 0 spiro atoms. The van der Waals surface area contributed by atoms with E-state index in [1.54, 1.807) is 23.2 Å². The van der Waals surface area contributed by atoms with Gasteiger partial charge in [-0.05, 0) is 67.8 Å². The molecule has 168 valence electrons. The number of nitrogens with zero attached hydrogens (tertiary/aromatic N) is 1. The van der Waals surface area contributed by atoms with E-state index in [2.05, 4.69) is 4.72 Å². The average Bonchev–Trinajstić information content (AvgIpc) is 3.43. The summed E-state index contributed by atoms with van der Waals surface area (Å²) in [5.74, 6) is -0.0599. The third-order valence-electron chi connectivity index (χ3n) is 5.01. The first-order chi connectivity index (χ1) is 14.9. The largest absolute Gasteiger partial charge is 0.466 e. The van der Waals surface area contributed by atoms with E-state index in [1.165, 1.54) is 24.3 Å². The number of sulfonamides is 1. The lowest BCUT2D eigenvalue weighted by atomic mass is 10.2. The Kier molecular flexibility index (Phi) is 8.22. The number of hydrogen-bond donors (Lipinski definition) is 1. The van der Waals surface area contributed by atoms with Crippen molar-refractivity contribution in [3.05, 3.63) is 52.2 Å². The first kappa shape index (κ1) is 23.4. The molecule has 0 unspecified atom stereocenters. The zero-order valence-electron chi connectivity index (χ0n) is 17.6. The van der Waals surface area contributed by atoms with Gasteiger partial charge in [0, 0.05) is 30.1 Å². The van der Waals surface area contributed by atoms with Gasteiger partial charge in [0.25, 0.3) is 5.91 Å². The molecule has 0 aliphatic heterocycles. The van der Waals surface area contributed by atoms with Crippen LogP contribution in [0.4, 0.5) is 0 Å². The second-order valence-electron chi connectivity index (χ2n) is 7.50. The quantitative estimate of drug-likeness (QED) is 0.487. The van der Waals surface area contributed by atoms with Gasteiger partial charge in [-0.1, -0.05) is 6.07 Å². The monoisotopic (exact) mass is 464 g/mol. The van der Waals surface area contributed by atoms with E-state index in [0.717, 1.165) is 17.7 Å². The molecule has 7 nitrogen and oxygen atoms in total. The van der Waals surface area contributed by atoms with Gasteiger partial charge in [0.2, 0.25) is 10.0 Å². The summed E-state index contributed by atoms with van der Waals surface area (Å²) in [6, 6.07) is 9.85. The van der Waals surface area contributed by atoms with Crippen molar-refractivity contribution in [1.82, 2.24) is 9.62 Å². The molecule has 0 atom stereocenters. The Hall–Kier alpha value is -2.23. The number of thiophene rings is 1. The number of ether oxygens (including phenoxy) is 1. The highest BCUT2D eigenvalue weighted by Crippen LogP contribution is 2.30. The molecule has 1 fully saturated rings. The van der Waals surface area contributed by atoms with E-state index in [0.29, 0.717) is 44.1 Å². The van der Waals surface area contributed by atoms with Gasteiger partial charge < -0.3 is 9.64 Å². The number of hydrogen-bond acceptors (Lipinski definition) is 6. The molecule has 1 N–H and O–H groups in total. The van der Waals surface area contributed by atoms with Crippen molar-refractivity contribution in [3.8, 4) is 0 Å². The molecule has 1 aliphatic rings. The van der Waals surface area contributed by atoms with Crippen LogP contribution in [0.15, 0.2) is 46.7 Å². The molecule has 0 radical (unpaired) electrons. The van der Waals surface area contributed by atoms with Crippen LogP contribution < -0.4 is 4.72 Å². The van der Waals surface area contributed by atoms with Crippen LogP contribution in [0.2, 0.25) is 0 Å². The third-order valence-corrected chi connectivity index (χ3v) is 7.42. The number of benzene rings is 1. The van der Waals surface area contributed by atoms with Crippen molar-refractivity contribution >= 4 is 33.2 Å². The summed E-state index contributed by atoms with van der Waals surface area (Å²) in [7, 11) is -3.64. The van der Waals surface area contributed by atoms with Gasteiger partial charge in [0.05, 0.1) is 17.9 Å². The van der Waals surface area contributed by atoms with E-state index in [-0.39, 0.29) is 23.2 Å². The highest BCUT2D eigenvalue weighted by atomic mass is 32.2. The molecule has 9 heteroatoms. The molecule has 1 heterocycles. The summed E-state index contributed by atoms with van der Waals surface area (Å²) in [5, 5.41) is 1.96. The first-order valence-corrected chi connectivity index (χ1v) is 12.8. The van der Waals surface area contributed by atoms with Gasteiger partial charge in [-0.3, -0.25) is 9.59 Å². The topological polar surface area (TPSA) is 92.8 Å². The van der Waals surface area contributed by atoms with Crippen LogP contribution in [-0.2, 0) is 26.0 Å². The van der Waals surface area contributed by atoms with Crippen LogP contribution in [0.25, 0.3) is 0 Å². The molecular weight excluding hydrogens is 436 g/mol. The van der Waals surface area contributed by atoms with Crippen LogP contribution in [-0.4, -0.2) is 51.4 Å². The molecule has 1 aromatic carbocycles. The standard InChI is InChI=1S/C22H28N2O5S2/c1-2-29-21(25)12-14-24(16-17-5-6-17)22(26)18-7-9-20(10-8-18)31(27,28)23-13-11-19-4-3-15-30-19/h3-4,7-10,15,17,23H,2,5-6,11-14,16H2,1H3. The highest BCUT2D eigenvalue weighted by molar-refractivity contribution is 7.89. The fraction of sp³-hybridized carbons (Fsp3) is 0.455. The first-order valence-electron chi connectivity index (χ1n) is 10.5. The van der Waals surface area contributed by atoms with Crippen LogP contribution in [0.5, 0.6) is 0 Å². The molecule has 1 saturated carbocycles. The van der Waals surface area contributed by atoms with E-state index < -0.39 is 10.0 Å². The molecule has 1 aliphatic carbocycles. The zero-order chi connectivity index (χ0) is 22.3. The summed E-state index contributed by atoms with van der Waals surface area (Å²) in [6.45, 7) is 3.26. The summed E-state index contributed by atoms with van der Waals surface area (Å²) in [5.41, 5.74) is 0.405. The summed E-state index contributed by atoms with van der Waals surface area (Å²) in [6.07, 6.45) is 2.94. The Balaban J connectivity index is 1.60. The van der Waals surface area contributed by atoms with E-state index >= 15 is 0 Å². The fourth-order valence-corrected chi connectivity index (χ4v) is 4.89. The maximum absolute atomic E-state index is 13.0. The summed E-state index contributed by atoms with van der Waals surface area (Å²) >= 11 is 1.59. The highest BCUT2D eigenvalue weighted by Gasteiger charge is 2.28. The van der Waals surface area contributed by atoms with Gasteiger partial charge >= 0.3 is 5.97 Å². The number of esters is 1. The number of carbonyl (C=O) groups excluding carboxylic acids is 2. The van der Waals surface area contributed by atoms with Crippen molar-refractivity contribution in [3.63, 3.8) is 0 Å². The minimum atomic E-state index is -3.64. The molecular formula is C22H28N2O5S2. The maximum atomic E-state index is 13.0. The average molecular weight is 465 g/mol. The SMILES string of the molecule is CCOC(=O)CCN(CC1CC1)C(=O)c1ccc(S(=O)(=O)NCCc2cccs2)cc1. The van der Waals surface area contributed by atoms with Crippen LogP contribution in [0.3, 0.4) is 0 Å². The second kappa shape index (κ2) is 10.9. The Morgan fingerprint density at radius 2 is 1.94 bits per heavy atom. The van der Waals surface area contributed by atoms with Crippen LogP contribution in [0.1, 0.15) is 41.4 Å². The van der Waals surface area contributed by atoms with Crippen molar-refractivity contribution in [2.45, 2.75) is 37.5 Å². The fourth-order valence-electron chi connectivity index (χ4n) is 3.15. The Morgan fingerprint density at radius 3 is 2.55 bits per heavy atom. The predicted molar refractivity (Wildman–Crippen MR) is 120 cm³/mol. The molecule has 1 aromatic heterocycles. The third kappa shape index (κ3) is 7.15. The number of nitrogens with one attached hydrogen (secondary N) is 1. The Bertz CT molecular complexity index is 968. The molecule has 0 bridgehead atoms. The predicted octanol–water partition coefficient (Wildman–Crippen LogP) is 3.07.